The van der Waals surface area contributed by atoms with Crippen LogP contribution in [0.3, 0.4) is 0 Å². The maximum Gasteiger partial charge on any atom is 0.206 e. The molecular weight excluding hydrogens is 138 g/mol. The van der Waals surface area contributed by atoms with Crippen molar-refractivity contribution in [2.45, 2.75) is 47.0 Å². The number of amides is 1. The van der Waals surface area contributed by atoms with E-state index in [2.05, 4.69) is 19.2 Å². The Balaban J connectivity index is -0.0000000965. The van der Waals surface area contributed by atoms with Crippen LogP contribution in [0, 0.1) is 0 Å². The van der Waals surface area contributed by atoms with E-state index in [1.54, 1.807) is 7.05 Å². The SMILES string of the molecule is CC.CCCCC.CNC=O. The summed E-state index contributed by atoms with van der Waals surface area (Å²) < 4.78 is 0. The van der Waals surface area contributed by atoms with Crippen LogP contribution in [0.25, 0.3) is 0 Å². The van der Waals surface area contributed by atoms with E-state index in [9.17, 15) is 0 Å². The molecule has 0 saturated heterocycles. The van der Waals surface area contributed by atoms with E-state index >= 15 is 0 Å². The number of carbonyl (C=O) groups is 1. The van der Waals surface area contributed by atoms with Crippen molar-refractivity contribution in [3.05, 3.63) is 0 Å². The molecule has 2 heteroatoms. The van der Waals surface area contributed by atoms with Crippen molar-refractivity contribution in [3.8, 4) is 0 Å². The number of hydrogen-bond acceptors (Lipinski definition) is 1. The van der Waals surface area contributed by atoms with Gasteiger partial charge in [-0.25, -0.2) is 0 Å². The number of hydrogen-bond donors (Lipinski definition) is 1. The van der Waals surface area contributed by atoms with Crippen LogP contribution in [-0.4, -0.2) is 13.5 Å². The second-order valence-electron chi connectivity index (χ2n) is 1.76. The molecule has 0 aliphatic heterocycles. The molecule has 11 heavy (non-hydrogen) atoms. The van der Waals surface area contributed by atoms with Gasteiger partial charge >= 0.3 is 0 Å². The Morgan fingerprint density at radius 2 is 1.45 bits per heavy atom. The second kappa shape index (κ2) is 34.0. The van der Waals surface area contributed by atoms with Crippen molar-refractivity contribution in [2.75, 3.05) is 7.05 Å². The molecule has 0 aliphatic rings. The molecule has 0 saturated carbocycles. The monoisotopic (exact) mass is 161 g/mol. The van der Waals surface area contributed by atoms with E-state index in [-0.39, 0.29) is 0 Å². The summed E-state index contributed by atoms with van der Waals surface area (Å²) in [5.74, 6) is 0. The van der Waals surface area contributed by atoms with Crippen molar-refractivity contribution >= 4 is 6.41 Å². The molecule has 0 bridgehead atoms. The zero-order valence-corrected chi connectivity index (χ0v) is 8.61. The third-order valence-corrected chi connectivity index (χ3v) is 0.825. The molecule has 0 aromatic carbocycles. The Morgan fingerprint density at radius 1 is 1.18 bits per heavy atom. The summed E-state index contributed by atoms with van der Waals surface area (Å²) in [6, 6.07) is 0. The third kappa shape index (κ3) is 86.6. The highest BCUT2D eigenvalue weighted by molar-refractivity contribution is 5.44. The number of carbonyl (C=O) groups excluding carboxylic acids is 1. The first-order valence-corrected chi connectivity index (χ1v) is 4.44. The third-order valence-electron chi connectivity index (χ3n) is 0.825. The molecule has 70 valence electrons. The largest absolute Gasteiger partial charge is 0.362 e. The molecule has 0 aliphatic carbocycles. The van der Waals surface area contributed by atoms with Crippen LogP contribution in [-0.2, 0) is 4.79 Å². The fraction of sp³-hybridized carbons (Fsp3) is 0.889. The van der Waals surface area contributed by atoms with Gasteiger partial charge in [0.05, 0.1) is 0 Å². The lowest BCUT2D eigenvalue weighted by molar-refractivity contribution is -0.109. The van der Waals surface area contributed by atoms with Crippen LogP contribution in [0.2, 0.25) is 0 Å². The van der Waals surface area contributed by atoms with E-state index < -0.39 is 0 Å². The predicted molar refractivity (Wildman–Crippen MR) is 51.7 cm³/mol. The molecule has 0 rings (SSSR count). The average Bonchev–Trinajstić information content (AvgIpc) is 2.10. The molecule has 0 spiro atoms. The van der Waals surface area contributed by atoms with Crippen molar-refractivity contribution in [1.29, 1.82) is 0 Å². The maximum atomic E-state index is 9.06. The van der Waals surface area contributed by atoms with Gasteiger partial charge in [-0.1, -0.05) is 47.0 Å². The number of unbranched alkanes of at least 4 members (excludes halogenated alkanes) is 2. The van der Waals surface area contributed by atoms with E-state index in [1.165, 1.54) is 19.3 Å². The average molecular weight is 161 g/mol. The first kappa shape index (κ1) is 16.8. The summed E-state index contributed by atoms with van der Waals surface area (Å²) in [7, 11) is 1.56. The molecule has 0 aromatic rings. The second-order valence-corrected chi connectivity index (χ2v) is 1.76. The highest BCUT2D eigenvalue weighted by Gasteiger charge is 1.68. The van der Waals surface area contributed by atoms with Gasteiger partial charge in [-0.05, 0) is 0 Å². The maximum absolute atomic E-state index is 9.06. The topological polar surface area (TPSA) is 29.1 Å². The van der Waals surface area contributed by atoms with E-state index in [0.29, 0.717) is 6.41 Å². The summed E-state index contributed by atoms with van der Waals surface area (Å²) in [6.07, 6.45) is 4.70. The molecule has 0 radical (unpaired) electrons. The quantitative estimate of drug-likeness (QED) is 0.633. The fourth-order valence-corrected chi connectivity index (χ4v) is 0.354. The van der Waals surface area contributed by atoms with Crippen LogP contribution >= 0.6 is 0 Å². The minimum Gasteiger partial charge on any atom is -0.362 e. The van der Waals surface area contributed by atoms with Gasteiger partial charge in [-0.2, -0.15) is 0 Å². The summed E-state index contributed by atoms with van der Waals surface area (Å²) in [4.78, 5) is 9.06. The molecule has 0 aromatic heterocycles. The highest BCUT2D eigenvalue weighted by Crippen LogP contribution is 1.88. The summed E-state index contributed by atoms with van der Waals surface area (Å²) in [5, 5.41) is 2.25. The van der Waals surface area contributed by atoms with Gasteiger partial charge in [0.2, 0.25) is 6.41 Å². The van der Waals surface area contributed by atoms with Crippen LogP contribution in [0.15, 0.2) is 0 Å². The molecular formula is C9H23NO. The van der Waals surface area contributed by atoms with Crippen LogP contribution in [0.5, 0.6) is 0 Å². The van der Waals surface area contributed by atoms with Crippen LogP contribution in [0.1, 0.15) is 47.0 Å². The minimum atomic E-state index is 0.625. The van der Waals surface area contributed by atoms with Gasteiger partial charge < -0.3 is 5.32 Å². The lowest BCUT2D eigenvalue weighted by atomic mass is 10.3. The normalized spacial score (nSPS) is 6.27. The molecule has 0 unspecified atom stereocenters. The molecule has 2 nitrogen and oxygen atoms in total. The van der Waals surface area contributed by atoms with Crippen molar-refractivity contribution in [3.63, 3.8) is 0 Å². The molecule has 1 amide bonds. The zero-order chi connectivity index (χ0) is 9.54. The molecule has 0 atom stereocenters. The van der Waals surface area contributed by atoms with E-state index in [1.807, 2.05) is 13.8 Å². The Bertz CT molecular complexity index is 44.8. The van der Waals surface area contributed by atoms with E-state index in [4.69, 9.17) is 4.79 Å². The zero-order valence-electron chi connectivity index (χ0n) is 8.61. The molecule has 1 N–H and O–H groups in total. The van der Waals surface area contributed by atoms with Gasteiger partial charge in [0.25, 0.3) is 0 Å². The van der Waals surface area contributed by atoms with Gasteiger partial charge in [-0.3, -0.25) is 4.79 Å². The highest BCUT2D eigenvalue weighted by atomic mass is 16.1. The van der Waals surface area contributed by atoms with Crippen molar-refractivity contribution in [1.82, 2.24) is 5.32 Å². The van der Waals surface area contributed by atoms with Crippen molar-refractivity contribution < 1.29 is 4.79 Å². The van der Waals surface area contributed by atoms with Gasteiger partial charge in [0.15, 0.2) is 0 Å². The smallest absolute Gasteiger partial charge is 0.206 e. The minimum absolute atomic E-state index is 0.625. The molecule has 0 heterocycles. The standard InChI is InChI=1S/C5H12.C2H5NO.C2H6/c1-3-5-4-2;1-3-2-4;1-2/h3-5H2,1-2H3;2H,1H3,(H,3,4);1-2H3. The van der Waals surface area contributed by atoms with Gasteiger partial charge in [-0.15, -0.1) is 0 Å². The van der Waals surface area contributed by atoms with Gasteiger partial charge in [0, 0.05) is 7.05 Å². The summed E-state index contributed by atoms with van der Waals surface area (Å²) in [6.45, 7) is 8.42. The Hall–Kier alpha value is -0.530. The molecule has 0 fully saturated rings. The Labute approximate surface area is 71.4 Å². The van der Waals surface area contributed by atoms with E-state index in [0.717, 1.165) is 0 Å². The first-order chi connectivity index (χ1) is 5.33. The predicted octanol–water partition coefficient (Wildman–Crippen LogP) is 2.58. The number of nitrogens with one attached hydrogen (secondary N) is 1. The Morgan fingerprint density at radius 3 is 1.45 bits per heavy atom. The lowest BCUT2D eigenvalue weighted by Crippen LogP contribution is -1.98. The van der Waals surface area contributed by atoms with Crippen LogP contribution < -0.4 is 5.32 Å². The van der Waals surface area contributed by atoms with Gasteiger partial charge in [0.1, 0.15) is 0 Å². The number of rotatable bonds is 3. The lowest BCUT2D eigenvalue weighted by Gasteiger charge is -1.79. The summed E-state index contributed by atoms with van der Waals surface area (Å²) >= 11 is 0. The van der Waals surface area contributed by atoms with Crippen LogP contribution in [0.4, 0.5) is 0 Å². The first-order valence-electron chi connectivity index (χ1n) is 4.44. The summed E-state index contributed by atoms with van der Waals surface area (Å²) in [5.41, 5.74) is 0. The van der Waals surface area contributed by atoms with Crippen molar-refractivity contribution in [2.24, 2.45) is 0 Å². The fourth-order valence-electron chi connectivity index (χ4n) is 0.354. The Kier molecular flexibility index (Phi) is 52.0.